The van der Waals surface area contributed by atoms with Gasteiger partial charge in [-0.3, -0.25) is 4.90 Å². The Hall–Kier alpha value is -0.420. The van der Waals surface area contributed by atoms with E-state index in [9.17, 15) is 0 Å². The van der Waals surface area contributed by atoms with Gasteiger partial charge >= 0.3 is 0 Å². The Balaban J connectivity index is 2.49. The van der Waals surface area contributed by atoms with E-state index in [1.807, 2.05) is 0 Å². The third-order valence-corrected chi connectivity index (χ3v) is 3.79. The van der Waals surface area contributed by atoms with E-state index in [-0.39, 0.29) is 0 Å². The predicted molar refractivity (Wildman–Crippen MR) is 89.0 cm³/mol. The fourth-order valence-electron chi connectivity index (χ4n) is 2.08. The molecule has 1 aromatic carbocycles. The van der Waals surface area contributed by atoms with E-state index in [2.05, 4.69) is 71.3 Å². The number of nitrogens with one attached hydrogen (secondary N) is 1. The van der Waals surface area contributed by atoms with Crippen molar-refractivity contribution in [2.24, 2.45) is 5.92 Å². The zero-order valence-electron chi connectivity index (χ0n) is 13.0. The highest BCUT2D eigenvalue weighted by molar-refractivity contribution is 9.10. The molecule has 1 unspecified atom stereocenters. The second kappa shape index (κ2) is 9.50. The van der Waals surface area contributed by atoms with Gasteiger partial charge in [0.25, 0.3) is 0 Å². The summed E-state index contributed by atoms with van der Waals surface area (Å²) >= 11 is 3.47. The van der Waals surface area contributed by atoms with Crippen LogP contribution in [0.4, 0.5) is 0 Å². The van der Waals surface area contributed by atoms with E-state index in [1.54, 1.807) is 7.11 Å². The molecule has 1 rings (SSSR count). The zero-order chi connectivity index (χ0) is 15.0. The van der Waals surface area contributed by atoms with Crippen LogP contribution < -0.4 is 5.32 Å². The summed E-state index contributed by atoms with van der Waals surface area (Å²) < 4.78 is 6.47. The topological polar surface area (TPSA) is 24.5 Å². The van der Waals surface area contributed by atoms with Crippen molar-refractivity contribution in [1.29, 1.82) is 0 Å². The van der Waals surface area contributed by atoms with Crippen molar-refractivity contribution in [3.63, 3.8) is 0 Å². The van der Waals surface area contributed by atoms with Crippen molar-refractivity contribution in [2.45, 2.75) is 26.4 Å². The largest absolute Gasteiger partial charge is 0.383 e. The van der Waals surface area contributed by atoms with Crippen LogP contribution in [0, 0.1) is 5.92 Å². The highest BCUT2D eigenvalue weighted by Crippen LogP contribution is 2.12. The van der Waals surface area contributed by atoms with E-state index in [0.29, 0.717) is 12.0 Å². The number of halogens is 1. The molecule has 1 aromatic rings. The zero-order valence-corrected chi connectivity index (χ0v) is 14.6. The molecule has 3 nitrogen and oxygen atoms in total. The van der Waals surface area contributed by atoms with Crippen LogP contribution in [0.5, 0.6) is 0 Å². The average Bonchev–Trinajstić information content (AvgIpc) is 2.40. The standard InChI is InChI=1S/C16H27BrN2O/c1-13(2)9-18-10-16(12-20-4)19(3)11-14-5-7-15(17)8-6-14/h5-8,13,16,18H,9-12H2,1-4H3. The molecule has 0 saturated carbocycles. The molecule has 0 amide bonds. The Bertz CT molecular complexity index is 367. The average molecular weight is 343 g/mol. The lowest BCUT2D eigenvalue weighted by Gasteiger charge is -2.28. The number of nitrogens with zero attached hydrogens (tertiary/aromatic N) is 1. The molecule has 0 spiro atoms. The van der Waals surface area contributed by atoms with Crippen LogP contribution in [0.3, 0.4) is 0 Å². The van der Waals surface area contributed by atoms with Gasteiger partial charge < -0.3 is 10.1 Å². The molecule has 0 aliphatic carbocycles. The second-order valence-corrected chi connectivity index (χ2v) is 6.62. The molecule has 20 heavy (non-hydrogen) atoms. The maximum atomic E-state index is 5.35. The van der Waals surface area contributed by atoms with Crippen LogP contribution in [0.2, 0.25) is 0 Å². The third-order valence-electron chi connectivity index (χ3n) is 3.26. The van der Waals surface area contributed by atoms with Gasteiger partial charge in [-0.05, 0) is 37.2 Å². The molecule has 0 aliphatic heterocycles. The molecule has 1 atom stereocenters. The van der Waals surface area contributed by atoms with Crippen LogP contribution in [-0.2, 0) is 11.3 Å². The van der Waals surface area contributed by atoms with Gasteiger partial charge in [0.2, 0.25) is 0 Å². The fraction of sp³-hybridized carbons (Fsp3) is 0.625. The lowest BCUT2D eigenvalue weighted by Crippen LogP contribution is -2.43. The number of benzene rings is 1. The Morgan fingerprint density at radius 1 is 1.20 bits per heavy atom. The fourth-order valence-corrected chi connectivity index (χ4v) is 2.34. The van der Waals surface area contributed by atoms with Crippen LogP contribution in [-0.4, -0.2) is 44.8 Å². The number of likely N-dealkylation sites (N-methyl/N-ethyl adjacent to an activating group) is 1. The maximum absolute atomic E-state index is 5.35. The van der Waals surface area contributed by atoms with Crippen LogP contribution >= 0.6 is 15.9 Å². The molecule has 0 heterocycles. The normalized spacial score (nSPS) is 13.2. The minimum Gasteiger partial charge on any atom is -0.383 e. The van der Waals surface area contributed by atoms with Gasteiger partial charge in [-0.1, -0.05) is 41.9 Å². The van der Waals surface area contributed by atoms with E-state index >= 15 is 0 Å². The molecular weight excluding hydrogens is 316 g/mol. The first-order chi connectivity index (χ1) is 9.52. The summed E-state index contributed by atoms with van der Waals surface area (Å²) in [5.74, 6) is 0.676. The van der Waals surface area contributed by atoms with Crippen LogP contribution in [0.1, 0.15) is 19.4 Å². The minimum absolute atomic E-state index is 0.391. The van der Waals surface area contributed by atoms with Gasteiger partial charge in [0.1, 0.15) is 0 Å². The Kier molecular flexibility index (Phi) is 8.38. The van der Waals surface area contributed by atoms with Crippen LogP contribution in [0.15, 0.2) is 28.7 Å². The van der Waals surface area contributed by atoms with Crippen molar-refractivity contribution in [3.8, 4) is 0 Å². The molecule has 114 valence electrons. The van der Waals surface area contributed by atoms with Crippen molar-refractivity contribution in [2.75, 3.05) is 33.9 Å². The van der Waals surface area contributed by atoms with Gasteiger partial charge in [0, 0.05) is 30.7 Å². The first kappa shape index (κ1) is 17.6. The lowest BCUT2D eigenvalue weighted by atomic mass is 10.1. The summed E-state index contributed by atoms with van der Waals surface area (Å²) in [6.07, 6.45) is 0. The summed E-state index contributed by atoms with van der Waals surface area (Å²) in [7, 11) is 3.92. The molecule has 0 aliphatic rings. The Morgan fingerprint density at radius 3 is 2.40 bits per heavy atom. The minimum atomic E-state index is 0.391. The molecule has 0 saturated heterocycles. The first-order valence-electron chi connectivity index (χ1n) is 7.17. The first-order valence-corrected chi connectivity index (χ1v) is 7.96. The quantitative estimate of drug-likeness (QED) is 0.746. The molecule has 0 radical (unpaired) electrons. The number of hydrogen-bond donors (Lipinski definition) is 1. The van der Waals surface area contributed by atoms with Crippen molar-refractivity contribution in [3.05, 3.63) is 34.3 Å². The lowest BCUT2D eigenvalue weighted by molar-refractivity contribution is 0.101. The van der Waals surface area contributed by atoms with Crippen LogP contribution in [0.25, 0.3) is 0 Å². The van der Waals surface area contributed by atoms with Gasteiger partial charge in [-0.15, -0.1) is 0 Å². The number of hydrogen-bond acceptors (Lipinski definition) is 3. The molecular formula is C16H27BrN2O. The van der Waals surface area contributed by atoms with Crippen molar-refractivity contribution >= 4 is 15.9 Å². The SMILES string of the molecule is COCC(CNCC(C)C)N(C)Cc1ccc(Br)cc1. The van der Waals surface area contributed by atoms with Gasteiger partial charge in [0.05, 0.1) is 6.61 Å². The van der Waals surface area contributed by atoms with E-state index in [1.165, 1.54) is 5.56 Å². The highest BCUT2D eigenvalue weighted by Gasteiger charge is 2.14. The van der Waals surface area contributed by atoms with E-state index < -0.39 is 0 Å². The van der Waals surface area contributed by atoms with Gasteiger partial charge in [-0.2, -0.15) is 0 Å². The molecule has 1 N–H and O–H groups in total. The summed E-state index contributed by atoms with van der Waals surface area (Å²) in [6, 6.07) is 8.89. The molecule has 4 heteroatoms. The third kappa shape index (κ3) is 6.84. The smallest absolute Gasteiger partial charge is 0.0630 e. The van der Waals surface area contributed by atoms with Crippen molar-refractivity contribution < 1.29 is 4.74 Å². The number of rotatable bonds is 9. The Morgan fingerprint density at radius 2 is 1.85 bits per heavy atom. The summed E-state index contributed by atoms with van der Waals surface area (Å²) in [5.41, 5.74) is 1.32. The summed E-state index contributed by atoms with van der Waals surface area (Å²) in [5, 5.41) is 3.52. The van der Waals surface area contributed by atoms with E-state index in [4.69, 9.17) is 4.74 Å². The Labute approximate surface area is 131 Å². The van der Waals surface area contributed by atoms with Gasteiger partial charge in [-0.25, -0.2) is 0 Å². The molecule has 0 aromatic heterocycles. The predicted octanol–water partition coefficient (Wildman–Crippen LogP) is 3.14. The monoisotopic (exact) mass is 342 g/mol. The van der Waals surface area contributed by atoms with Crippen molar-refractivity contribution in [1.82, 2.24) is 10.2 Å². The summed E-state index contributed by atoms with van der Waals surface area (Å²) in [4.78, 5) is 2.35. The highest BCUT2D eigenvalue weighted by atomic mass is 79.9. The van der Waals surface area contributed by atoms with Gasteiger partial charge in [0.15, 0.2) is 0 Å². The maximum Gasteiger partial charge on any atom is 0.0630 e. The number of ether oxygens (including phenoxy) is 1. The van der Waals surface area contributed by atoms with E-state index in [0.717, 1.165) is 30.7 Å². The molecule has 0 bridgehead atoms. The number of methoxy groups -OCH3 is 1. The molecule has 0 fully saturated rings. The second-order valence-electron chi connectivity index (χ2n) is 5.70. The summed E-state index contributed by atoms with van der Waals surface area (Å²) in [6.45, 7) is 8.14.